The molecule has 0 aliphatic rings. The SMILES string of the molecule is Cc1nnc([C@@H](C)N[C@@H](C)c2ccc(-n3cncn3)cc2)o1. The van der Waals surface area contributed by atoms with Crippen LogP contribution >= 0.6 is 0 Å². The molecule has 0 saturated carbocycles. The fourth-order valence-electron chi connectivity index (χ4n) is 2.29. The average Bonchev–Trinajstić information content (AvgIpc) is 3.18. The van der Waals surface area contributed by atoms with Gasteiger partial charge in [0.2, 0.25) is 11.8 Å². The molecule has 2 aromatic heterocycles. The minimum absolute atomic E-state index is 0.00816. The highest BCUT2D eigenvalue weighted by Crippen LogP contribution is 2.19. The zero-order chi connectivity index (χ0) is 15.5. The van der Waals surface area contributed by atoms with Crippen molar-refractivity contribution < 1.29 is 4.42 Å². The van der Waals surface area contributed by atoms with E-state index >= 15 is 0 Å². The van der Waals surface area contributed by atoms with Crippen molar-refractivity contribution in [1.29, 1.82) is 0 Å². The molecule has 0 amide bonds. The zero-order valence-electron chi connectivity index (χ0n) is 12.8. The van der Waals surface area contributed by atoms with Gasteiger partial charge in [-0.25, -0.2) is 9.67 Å². The molecule has 0 spiro atoms. The summed E-state index contributed by atoms with van der Waals surface area (Å²) in [4.78, 5) is 3.95. The highest BCUT2D eigenvalue weighted by atomic mass is 16.4. The van der Waals surface area contributed by atoms with E-state index < -0.39 is 0 Å². The van der Waals surface area contributed by atoms with Gasteiger partial charge in [0.05, 0.1) is 11.7 Å². The van der Waals surface area contributed by atoms with Gasteiger partial charge in [-0.05, 0) is 31.5 Å². The fourth-order valence-corrected chi connectivity index (χ4v) is 2.29. The number of benzene rings is 1. The van der Waals surface area contributed by atoms with Gasteiger partial charge in [0, 0.05) is 13.0 Å². The van der Waals surface area contributed by atoms with Crippen LogP contribution in [0.25, 0.3) is 5.69 Å². The summed E-state index contributed by atoms with van der Waals surface area (Å²) in [5.41, 5.74) is 2.15. The molecule has 3 aromatic rings. The largest absolute Gasteiger partial charge is 0.424 e. The van der Waals surface area contributed by atoms with Crippen molar-refractivity contribution in [3.05, 3.63) is 54.3 Å². The van der Waals surface area contributed by atoms with Gasteiger partial charge in [0.15, 0.2) is 0 Å². The summed E-state index contributed by atoms with van der Waals surface area (Å²) in [5.74, 6) is 1.18. The second-order valence-electron chi connectivity index (χ2n) is 5.20. The van der Waals surface area contributed by atoms with Crippen LogP contribution in [0, 0.1) is 6.92 Å². The lowest BCUT2D eigenvalue weighted by Crippen LogP contribution is -2.22. The highest BCUT2D eigenvalue weighted by Gasteiger charge is 2.16. The molecule has 114 valence electrons. The van der Waals surface area contributed by atoms with E-state index in [2.05, 4.69) is 44.7 Å². The number of hydrogen-bond donors (Lipinski definition) is 1. The van der Waals surface area contributed by atoms with Crippen molar-refractivity contribution in [2.24, 2.45) is 0 Å². The first-order chi connectivity index (χ1) is 10.6. The molecule has 3 rings (SSSR count). The number of nitrogens with zero attached hydrogens (tertiary/aromatic N) is 5. The Bertz CT molecular complexity index is 719. The normalized spacial score (nSPS) is 14.0. The number of aromatic nitrogens is 5. The Morgan fingerprint density at radius 3 is 2.45 bits per heavy atom. The topological polar surface area (TPSA) is 81.7 Å². The Labute approximate surface area is 128 Å². The van der Waals surface area contributed by atoms with Crippen LogP contribution in [-0.4, -0.2) is 25.0 Å². The van der Waals surface area contributed by atoms with Gasteiger partial charge in [-0.2, -0.15) is 5.10 Å². The van der Waals surface area contributed by atoms with E-state index in [1.165, 1.54) is 11.9 Å². The predicted octanol–water partition coefficient (Wildman–Crippen LogP) is 2.37. The van der Waals surface area contributed by atoms with Crippen LogP contribution in [-0.2, 0) is 0 Å². The van der Waals surface area contributed by atoms with Gasteiger partial charge in [-0.1, -0.05) is 12.1 Å². The first-order valence-corrected chi connectivity index (χ1v) is 7.14. The summed E-state index contributed by atoms with van der Waals surface area (Å²) in [6.45, 7) is 5.90. The highest BCUT2D eigenvalue weighted by molar-refractivity contribution is 5.34. The number of hydrogen-bond acceptors (Lipinski definition) is 6. The van der Waals surface area contributed by atoms with Crippen LogP contribution in [0.2, 0.25) is 0 Å². The Balaban J connectivity index is 1.68. The molecule has 1 aromatic carbocycles. The van der Waals surface area contributed by atoms with Crippen LogP contribution in [0.1, 0.15) is 43.3 Å². The van der Waals surface area contributed by atoms with Crippen LogP contribution < -0.4 is 5.32 Å². The van der Waals surface area contributed by atoms with Crippen LogP contribution in [0.4, 0.5) is 0 Å². The molecule has 1 N–H and O–H groups in total. The molecule has 7 heteroatoms. The number of aryl methyl sites for hydroxylation is 1. The number of nitrogens with one attached hydrogen (secondary N) is 1. The molecule has 0 radical (unpaired) electrons. The fraction of sp³-hybridized carbons (Fsp3) is 0.333. The van der Waals surface area contributed by atoms with Gasteiger partial charge in [0.1, 0.15) is 12.7 Å². The maximum absolute atomic E-state index is 5.45. The van der Waals surface area contributed by atoms with Crippen molar-refractivity contribution in [1.82, 2.24) is 30.3 Å². The van der Waals surface area contributed by atoms with Crippen LogP contribution in [0.3, 0.4) is 0 Å². The van der Waals surface area contributed by atoms with Crippen molar-refractivity contribution >= 4 is 0 Å². The first-order valence-electron chi connectivity index (χ1n) is 7.14. The standard InChI is InChI=1S/C15H18N6O/c1-10(18-11(2)15-20-19-12(3)22-15)13-4-6-14(7-5-13)21-9-16-8-17-21/h4-11,18H,1-3H3/t10-,11+/m0/s1. The second kappa shape index (κ2) is 6.07. The molecule has 0 aliphatic carbocycles. The summed E-state index contributed by atoms with van der Waals surface area (Å²) < 4.78 is 7.17. The smallest absolute Gasteiger partial charge is 0.233 e. The second-order valence-corrected chi connectivity index (χ2v) is 5.20. The first kappa shape index (κ1) is 14.4. The molecule has 2 heterocycles. The van der Waals surface area contributed by atoms with Crippen molar-refractivity contribution in [2.75, 3.05) is 0 Å². The monoisotopic (exact) mass is 298 g/mol. The van der Waals surface area contributed by atoms with Gasteiger partial charge in [-0.3, -0.25) is 5.32 Å². The van der Waals surface area contributed by atoms with Gasteiger partial charge in [-0.15, -0.1) is 10.2 Å². The molecule has 0 saturated heterocycles. The van der Waals surface area contributed by atoms with E-state index in [1.807, 2.05) is 19.1 Å². The Hall–Kier alpha value is -2.54. The van der Waals surface area contributed by atoms with Gasteiger partial charge < -0.3 is 4.42 Å². The lowest BCUT2D eigenvalue weighted by atomic mass is 10.1. The van der Waals surface area contributed by atoms with Gasteiger partial charge >= 0.3 is 0 Å². The Morgan fingerprint density at radius 1 is 1.09 bits per heavy atom. The average molecular weight is 298 g/mol. The van der Waals surface area contributed by atoms with E-state index in [4.69, 9.17) is 4.42 Å². The third-order valence-corrected chi connectivity index (χ3v) is 3.49. The molecule has 0 unspecified atom stereocenters. The molecule has 2 atom stereocenters. The molecular formula is C15H18N6O. The molecule has 22 heavy (non-hydrogen) atoms. The lowest BCUT2D eigenvalue weighted by Gasteiger charge is -2.18. The molecular weight excluding hydrogens is 280 g/mol. The van der Waals surface area contributed by atoms with Crippen molar-refractivity contribution in [3.63, 3.8) is 0 Å². The minimum atomic E-state index is -0.00816. The van der Waals surface area contributed by atoms with E-state index in [9.17, 15) is 0 Å². The summed E-state index contributed by atoms with van der Waals surface area (Å²) >= 11 is 0. The zero-order valence-corrected chi connectivity index (χ0v) is 12.8. The molecule has 0 bridgehead atoms. The maximum Gasteiger partial charge on any atom is 0.233 e. The molecule has 0 aliphatic heterocycles. The van der Waals surface area contributed by atoms with Gasteiger partial charge in [0.25, 0.3) is 0 Å². The van der Waals surface area contributed by atoms with Crippen LogP contribution in [0.15, 0.2) is 41.3 Å². The summed E-state index contributed by atoms with van der Waals surface area (Å²) in [6.07, 6.45) is 3.20. The lowest BCUT2D eigenvalue weighted by molar-refractivity contribution is 0.380. The third kappa shape index (κ3) is 3.04. The summed E-state index contributed by atoms with van der Waals surface area (Å²) in [7, 11) is 0. The maximum atomic E-state index is 5.45. The Morgan fingerprint density at radius 2 is 1.86 bits per heavy atom. The molecule has 0 fully saturated rings. The predicted molar refractivity (Wildman–Crippen MR) is 80.4 cm³/mol. The number of rotatable bonds is 5. The quantitative estimate of drug-likeness (QED) is 0.778. The summed E-state index contributed by atoms with van der Waals surface area (Å²) in [6, 6.07) is 8.33. The third-order valence-electron chi connectivity index (χ3n) is 3.49. The van der Waals surface area contributed by atoms with E-state index in [0.29, 0.717) is 11.8 Å². The summed E-state index contributed by atoms with van der Waals surface area (Å²) in [5, 5.41) is 15.5. The van der Waals surface area contributed by atoms with Crippen molar-refractivity contribution in [3.8, 4) is 5.69 Å². The van der Waals surface area contributed by atoms with E-state index in [1.54, 1.807) is 17.9 Å². The van der Waals surface area contributed by atoms with Crippen molar-refractivity contribution in [2.45, 2.75) is 32.9 Å². The Kier molecular flexibility index (Phi) is 3.97. The van der Waals surface area contributed by atoms with E-state index in [-0.39, 0.29) is 12.1 Å². The van der Waals surface area contributed by atoms with Crippen LogP contribution in [0.5, 0.6) is 0 Å². The minimum Gasteiger partial charge on any atom is -0.424 e. The molecule has 7 nitrogen and oxygen atoms in total. The van der Waals surface area contributed by atoms with E-state index in [0.717, 1.165) is 5.69 Å².